The number of hydrogen-bond donors (Lipinski definition) is 0. The second kappa shape index (κ2) is 9.05. The van der Waals surface area contributed by atoms with Crippen molar-refractivity contribution in [2.75, 3.05) is 17.3 Å². The molecule has 0 aliphatic heterocycles. The zero-order valence-corrected chi connectivity index (χ0v) is 17.1. The molecule has 0 unspecified atom stereocenters. The molecule has 0 spiro atoms. The fourth-order valence-corrected chi connectivity index (χ4v) is 5.04. The Morgan fingerprint density at radius 1 is 1.00 bits per heavy atom. The molecule has 0 N–H and O–H groups in total. The van der Waals surface area contributed by atoms with Crippen LogP contribution in [0, 0.1) is 11.3 Å². The van der Waals surface area contributed by atoms with E-state index in [-0.39, 0.29) is 11.5 Å². The van der Waals surface area contributed by atoms with Crippen molar-refractivity contribution in [3.05, 3.63) is 72.4 Å². The summed E-state index contributed by atoms with van der Waals surface area (Å²) in [6.45, 7) is 1.65. The molecule has 0 saturated carbocycles. The number of aromatic nitrogens is 1. The Labute approximate surface area is 170 Å². The molecule has 0 radical (unpaired) electrons. The molecule has 6 heteroatoms. The first-order chi connectivity index (χ1) is 13.5. The molecular weight excluding hydrogens is 388 g/mol. The van der Waals surface area contributed by atoms with Gasteiger partial charge in [0, 0.05) is 17.1 Å². The summed E-state index contributed by atoms with van der Waals surface area (Å²) in [4.78, 5) is 4.51. The summed E-state index contributed by atoms with van der Waals surface area (Å²) in [5, 5.41) is 10.4. The number of rotatable bonds is 7. The minimum Gasteiger partial charge on any atom is -0.230 e. The van der Waals surface area contributed by atoms with E-state index in [4.69, 9.17) is 0 Å². The molecule has 0 amide bonds. The van der Waals surface area contributed by atoms with Crippen LogP contribution < -0.4 is 0 Å². The minimum absolute atomic E-state index is 0.0961. The lowest BCUT2D eigenvalue weighted by molar-refractivity contribution is 0.599. The van der Waals surface area contributed by atoms with E-state index in [2.05, 4.69) is 11.1 Å². The van der Waals surface area contributed by atoms with Crippen molar-refractivity contribution >= 4 is 21.6 Å². The van der Waals surface area contributed by atoms with Crippen molar-refractivity contribution in [2.45, 2.75) is 11.9 Å². The molecule has 3 aromatic rings. The monoisotopic (exact) mass is 408 g/mol. The van der Waals surface area contributed by atoms with Gasteiger partial charge < -0.3 is 0 Å². The SMILES string of the molecule is CCS(=O)(=O)CCSc1cc(-c2ccccc2)c(-c2ccccc2)c(C#N)n1. The summed E-state index contributed by atoms with van der Waals surface area (Å²) in [5.41, 5.74) is 3.96. The molecule has 0 aliphatic carbocycles. The summed E-state index contributed by atoms with van der Waals surface area (Å²) < 4.78 is 23.5. The summed E-state index contributed by atoms with van der Waals surface area (Å²) in [6, 6.07) is 23.8. The molecule has 3 rings (SSSR count). The van der Waals surface area contributed by atoms with E-state index in [9.17, 15) is 13.7 Å². The van der Waals surface area contributed by atoms with Crippen LogP contribution in [0.4, 0.5) is 0 Å². The highest BCUT2D eigenvalue weighted by molar-refractivity contribution is 8.00. The third-order valence-electron chi connectivity index (χ3n) is 4.33. The highest BCUT2D eigenvalue weighted by Crippen LogP contribution is 2.36. The smallest absolute Gasteiger partial charge is 0.150 e. The fraction of sp³-hybridized carbons (Fsp3) is 0.182. The minimum atomic E-state index is -3.03. The Hall–Kier alpha value is -2.62. The van der Waals surface area contributed by atoms with Gasteiger partial charge in [0.05, 0.1) is 10.8 Å². The van der Waals surface area contributed by atoms with Crippen molar-refractivity contribution < 1.29 is 8.42 Å². The zero-order chi connectivity index (χ0) is 20.0. The van der Waals surface area contributed by atoms with Gasteiger partial charge in [0.15, 0.2) is 9.84 Å². The van der Waals surface area contributed by atoms with Crippen molar-refractivity contribution in [1.29, 1.82) is 5.26 Å². The van der Waals surface area contributed by atoms with Crippen molar-refractivity contribution in [3.63, 3.8) is 0 Å². The maximum Gasteiger partial charge on any atom is 0.150 e. The van der Waals surface area contributed by atoms with Crippen molar-refractivity contribution in [3.8, 4) is 28.3 Å². The van der Waals surface area contributed by atoms with E-state index in [1.165, 1.54) is 11.8 Å². The predicted molar refractivity (Wildman–Crippen MR) is 115 cm³/mol. The Morgan fingerprint density at radius 2 is 1.61 bits per heavy atom. The lowest BCUT2D eigenvalue weighted by Crippen LogP contribution is -2.10. The number of sulfone groups is 1. The largest absolute Gasteiger partial charge is 0.230 e. The zero-order valence-electron chi connectivity index (χ0n) is 15.5. The Morgan fingerprint density at radius 3 is 2.18 bits per heavy atom. The normalized spacial score (nSPS) is 11.1. The quantitative estimate of drug-likeness (QED) is 0.525. The van der Waals surface area contributed by atoms with Crippen LogP contribution in [0.2, 0.25) is 0 Å². The lowest BCUT2D eigenvalue weighted by atomic mass is 9.94. The van der Waals surface area contributed by atoms with Crippen LogP contribution in [0.5, 0.6) is 0 Å². The highest BCUT2D eigenvalue weighted by Gasteiger charge is 2.17. The van der Waals surface area contributed by atoms with Crippen LogP contribution in [0.3, 0.4) is 0 Å². The average molecular weight is 409 g/mol. The molecule has 0 saturated heterocycles. The first kappa shape index (κ1) is 20.1. The first-order valence-corrected chi connectivity index (χ1v) is 11.7. The Kier molecular flexibility index (Phi) is 6.50. The molecule has 0 atom stereocenters. The third kappa shape index (κ3) is 4.80. The molecule has 2 aromatic carbocycles. The van der Waals surface area contributed by atoms with Gasteiger partial charge in [-0.3, -0.25) is 0 Å². The Bertz CT molecular complexity index is 1090. The van der Waals surface area contributed by atoms with E-state index >= 15 is 0 Å². The van der Waals surface area contributed by atoms with E-state index in [0.29, 0.717) is 16.5 Å². The summed E-state index contributed by atoms with van der Waals surface area (Å²) in [6.07, 6.45) is 0. The number of hydrogen-bond acceptors (Lipinski definition) is 5. The highest BCUT2D eigenvalue weighted by atomic mass is 32.2. The van der Waals surface area contributed by atoms with Crippen LogP contribution in [0.15, 0.2) is 71.8 Å². The van der Waals surface area contributed by atoms with Crippen LogP contribution in [0.1, 0.15) is 12.6 Å². The lowest BCUT2D eigenvalue weighted by Gasteiger charge is -2.14. The average Bonchev–Trinajstić information content (AvgIpc) is 2.74. The number of benzene rings is 2. The molecule has 1 aromatic heterocycles. The molecular formula is C22H20N2O2S2. The second-order valence-electron chi connectivity index (χ2n) is 6.16. The van der Waals surface area contributed by atoms with Gasteiger partial charge in [-0.05, 0) is 22.8 Å². The van der Waals surface area contributed by atoms with Gasteiger partial charge in [0.2, 0.25) is 0 Å². The maximum absolute atomic E-state index is 11.8. The predicted octanol–water partition coefficient (Wildman–Crippen LogP) is 4.81. The number of nitriles is 1. The fourth-order valence-electron chi connectivity index (χ4n) is 2.84. The molecule has 0 aliphatic rings. The van der Waals surface area contributed by atoms with Crippen LogP contribution in [-0.4, -0.2) is 30.7 Å². The molecule has 142 valence electrons. The van der Waals surface area contributed by atoms with Gasteiger partial charge in [-0.25, -0.2) is 13.4 Å². The van der Waals surface area contributed by atoms with Gasteiger partial charge in [-0.15, -0.1) is 11.8 Å². The molecule has 4 nitrogen and oxygen atoms in total. The second-order valence-corrected chi connectivity index (χ2v) is 9.75. The summed E-state index contributed by atoms with van der Waals surface area (Å²) >= 11 is 1.36. The topological polar surface area (TPSA) is 70.8 Å². The third-order valence-corrected chi connectivity index (χ3v) is 7.21. The van der Waals surface area contributed by atoms with Gasteiger partial charge in [-0.1, -0.05) is 67.6 Å². The first-order valence-electron chi connectivity index (χ1n) is 8.93. The van der Waals surface area contributed by atoms with Crippen LogP contribution >= 0.6 is 11.8 Å². The van der Waals surface area contributed by atoms with E-state index < -0.39 is 9.84 Å². The van der Waals surface area contributed by atoms with Gasteiger partial charge >= 0.3 is 0 Å². The van der Waals surface area contributed by atoms with Crippen LogP contribution in [-0.2, 0) is 9.84 Å². The molecule has 28 heavy (non-hydrogen) atoms. The van der Waals surface area contributed by atoms with Crippen molar-refractivity contribution in [2.24, 2.45) is 0 Å². The molecule has 0 bridgehead atoms. The Balaban J connectivity index is 2.07. The number of nitrogens with zero attached hydrogens (tertiary/aromatic N) is 2. The van der Waals surface area contributed by atoms with Crippen molar-refractivity contribution in [1.82, 2.24) is 4.98 Å². The summed E-state index contributed by atoms with van der Waals surface area (Å²) in [7, 11) is -3.03. The number of pyridine rings is 1. The van der Waals surface area contributed by atoms with Gasteiger partial charge in [-0.2, -0.15) is 5.26 Å². The summed E-state index contributed by atoms with van der Waals surface area (Å²) in [5.74, 6) is 0.637. The van der Waals surface area contributed by atoms with E-state index in [1.807, 2.05) is 66.7 Å². The van der Waals surface area contributed by atoms with Gasteiger partial charge in [0.25, 0.3) is 0 Å². The van der Waals surface area contributed by atoms with E-state index in [0.717, 1.165) is 22.3 Å². The molecule has 0 fully saturated rings. The standard InChI is InChI=1S/C22H20N2O2S2/c1-2-28(25,26)14-13-27-21-15-19(17-9-5-3-6-10-17)22(20(16-23)24-21)18-11-7-4-8-12-18/h3-12,15H,2,13-14H2,1H3. The van der Waals surface area contributed by atoms with E-state index in [1.54, 1.807) is 6.92 Å². The maximum atomic E-state index is 11.8. The number of thioether (sulfide) groups is 1. The molecule has 1 heterocycles. The van der Waals surface area contributed by atoms with Gasteiger partial charge in [0.1, 0.15) is 11.8 Å². The van der Waals surface area contributed by atoms with Crippen LogP contribution in [0.25, 0.3) is 22.3 Å².